The molecule has 0 aliphatic rings. The van der Waals surface area contributed by atoms with E-state index in [2.05, 4.69) is 8.94 Å². The molecule has 29 valence electrons. The first-order chi connectivity index (χ1) is 2.41. The second-order valence-electron chi connectivity index (χ2n) is 0.577. The van der Waals surface area contributed by atoms with E-state index in [0.717, 1.165) is 0 Å². The first kappa shape index (κ1) is 5.43. The summed E-state index contributed by atoms with van der Waals surface area (Å²) in [5.41, 5.74) is 0. The van der Waals surface area contributed by atoms with E-state index in [1.54, 1.807) is 7.11 Å². The Morgan fingerprint density at radius 1 is 2.00 bits per heavy atom. The van der Waals surface area contributed by atoms with Crippen LogP contribution in [0.15, 0.2) is 0 Å². The average molecular weight is 241 g/mol. The molecule has 0 rings (SSSR count). The summed E-state index contributed by atoms with van der Waals surface area (Å²) in [6.07, 6.45) is 0. The Morgan fingerprint density at radius 2 is 2.60 bits per heavy atom. The van der Waals surface area contributed by atoms with Crippen molar-refractivity contribution >= 4 is 0 Å². The van der Waals surface area contributed by atoms with Crippen LogP contribution in [0.3, 0.4) is 0 Å². The van der Waals surface area contributed by atoms with Crippen LogP contribution in [-0.2, 0) is 23.9 Å². The molecule has 0 aromatic rings. The van der Waals surface area contributed by atoms with Crippen LogP contribution in [0.5, 0.6) is 0 Å². The van der Waals surface area contributed by atoms with Gasteiger partial charge in [-0.1, -0.05) is 0 Å². The van der Waals surface area contributed by atoms with Crippen LogP contribution in [0, 0.1) is 4.20 Å². The van der Waals surface area contributed by atoms with Crippen LogP contribution in [0.1, 0.15) is 0 Å². The summed E-state index contributed by atoms with van der Waals surface area (Å²) < 4.78 is 7.48. The zero-order valence-corrected chi connectivity index (χ0v) is 5.96. The van der Waals surface area contributed by atoms with Crippen LogP contribution < -0.4 is 0 Å². The Hall–Kier alpha value is 0.428. The molecule has 0 aliphatic heterocycles. The quantitative estimate of drug-likeness (QED) is 0.634. The number of rotatable bonds is 1. The fraction of sp³-hybridized carbons (Fsp3) is 0.667. The van der Waals surface area contributed by atoms with Gasteiger partial charge in [-0.3, -0.25) is 0 Å². The minimum atomic E-state index is 0.676. The predicted octanol–water partition coefficient (Wildman–Crippen LogP) is 0.139. The third kappa shape index (κ3) is 4.43. The van der Waals surface area contributed by atoms with Gasteiger partial charge in [-0.2, -0.15) is 0 Å². The first-order valence-corrected chi connectivity index (χ1v) is 2.72. The Morgan fingerprint density at radius 3 is 2.60 bits per heavy atom. The van der Waals surface area contributed by atoms with Crippen molar-refractivity contribution in [3.05, 3.63) is 0 Å². The second kappa shape index (κ2) is 4.43. The van der Waals surface area contributed by atoms with Crippen LogP contribution in [0.25, 0.3) is 0 Å². The Balaban J connectivity index is 2.48. The van der Waals surface area contributed by atoms with Crippen molar-refractivity contribution in [3.8, 4) is 4.20 Å². The molecule has 0 radical (unpaired) electrons. The van der Waals surface area contributed by atoms with E-state index >= 15 is 0 Å². The van der Waals surface area contributed by atoms with Gasteiger partial charge in [0.1, 0.15) is 0 Å². The number of hydrogen-bond acceptors (Lipinski definition) is 1. The molecule has 0 N–H and O–H groups in total. The van der Waals surface area contributed by atoms with Crippen molar-refractivity contribution < 1.29 is 23.9 Å². The van der Waals surface area contributed by atoms with Gasteiger partial charge in [0.05, 0.1) is 0 Å². The fourth-order valence-electron chi connectivity index (χ4n) is 0.0589. The molecular weight excluding hydrogens is 236 g/mol. The van der Waals surface area contributed by atoms with Gasteiger partial charge >= 0.3 is 41.8 Å². The van der Waals surface area contributed by atoms with Gasteiger partial charge < -0.3 is 0 Å². The average Bonchev–Trinajstić information content (AvgIpc) is 1.41. The normalized spacial score (nSPS) is 6.40. The molecule has 0 spiro atoms. The van der Waals surface area contributed by atoms with E-state index < -0.39 is 0 Å². The summed E-state index contributed by atoms with van der Waals surface area (Å²) in [4.78, 5) is 0. The summed E-state index contributed by atoms with van der Waals surface area (Å²) in [6.45, 7) is 0.676. The third-order valence-corrected chi connectivity index (χ3v) is 0.627. The minimum absolute atomic E-state index is 0.676. The summed E-state index contributed by atoms with van der Waals surface area (Å²) >= 11 is 1.35. The van der Waals surface area contributed by atoms with Crippen LogP contribution in [0.4, 0.5) is 0 Å². The summed E-state index contributed by atoms with van der Waals surface area (Å²) in [5.74, 6) is 0. The van der Waals surface area contributed by atoms with Crippen LogP contribution >= 0.6 is 0 Å². The fourth-order valence-corrected chi connectivity index (χ4v) is 0.482. The zero-order valence-electron chi connectivity index (χ0n) is 3.02. The molecule has 0 aliphatic carbocycles. The van der Waals surface area contributed by atoms with Gasteiger partial charge in [-0.25, -0.2) is 0 Å². The van der Waals surface area contributed by atoms with Crippen molar-refractivity contribution in [1.82, 2.24) is 0 Å². The third-order valence-electron chi connectivity index (χ3n) is 0.203. The van der Waals surface area contributed by atoms with E-state index in [-0.39, 0.29) is 0 Å². The Kier molecular flexibility index (Phi) is 4.81. The van der Waals surface area contributed by atoms with E-state index in [9.17, 15) is 0 Å². The van der Waals surface area contributed by atoms with Gasteiger partial charge in [0.25, 0.3) is 0 Å². The molecule has 0 saturated carbocycles. The SMILES string of the molecule is COC[C]#[W]. The molecule has 0 aromatic heterocycles. The molecule has 0 atom stereocenters. The standard InChI is InChI=1S/C3H5O.W/c1-3-4-2;/h3H2,2H3;. The monoisotopic (exact) mass is 241 g/mol. The summed E-state index contributed by atoms with van der Waals surface area (Å²) in [7, 11) is 1.66. The molecule has 5 heavy (non-hydrogen) atoms. The molecule has 0 heterocycles. The van der Waals surface area contributed by atoms with Crippen molar-refractivity contribution in [1.29, 1.82) is 0 Å². The van der Waals surface area contributed by atoms with Gasteiger partial charge in [-0.05, 0) is 0 Å². The molecule has 0 amide bonds. The molecule has 2 heteroatoms. The van der Waals surface area contributed by atoms with Gasteiger partial charge in [-0.15, -0.1) is 0 Å². The first-order valence-electron chi connectivity index (χ1n) is 1.25. The molecule has 0 fully saturated rings. The maximum absolute atomic E-state index is 4.60. The van der Waals surface area contributed by atoms with Crippen molar-refractivity contribution in [2.75, 3.05) is 13.7 Å². The summed E-state index contributed by atoms with van der Waals surface area (Å²) in [6, 6.07) is 0. The van der Waals surface area contributed by atoms with E-state index in [1.165, 1.54) is 19.2 Å². The summed E-state index contributed by atoms with van der Waals surface area (Å²) in [5, 5.41) is 0. The van der Waals surface area contributed by atoms with E-state index in [1.807, 2.05) is 0 Å². The predicted molar refractivity (Wildman–Crippen MR) is 15.8 cm³/mol. The second-order valence-corrected chi connectivity index (χ2v) is 1.61. The molecular formula is C3H5OW. The van der Waals surface area contributed by atoms with Crippen LogP contribution in [0.2, 0.25) is 0 Å². The number of methoxy groups -OCH3 is 1. The van der Waals surface area contributed by atoms with Gasteiger partial charge in [0.2, 0.25) is 0 Å². The van der Waals surface area contributed by atoms with E-state index in [0.29, 0.717) is 6.61 Å². The zero-order chi connectivity index (χ0) is 4.12. The molecule has 0 aromatic carbocycles. The van der Waals surface area contributed by atoms with Gasteiger partial charge in [0.15, 0.2) is 0 Å². The molecule has 0 unspecified atom stereocenters. The molecule has 1 nitrogen and oxygen atoms in total. The Labute approximate surface area is 42.3 Å². The van der Waals surface area contributed by atoms with Crippen molar-refractivity contribution in [3.63, 3.8) is 0 Å². The number of ether oxygens (including phenoxy) is 1. The molecule has 0 bridgehead atoms. The Bertz CT molecular complexity index is 45.3. The van der Waals surface area contributed by atoms with Crippen molar-refractivity contribution in [2.24, 2.45) is 0 Å². The van der Waals surface area contributed by atoms with Crippen LogP contribution in [-0.4, -0.2) is 13.7 Å². The number of hydrogen-bond donors (Lipinski definition) is 0. The molecule has 0 saturated heterocycles. The maximum atomic E-state index is 4.60. The van der Waals surface area contributed by atoms with Crippen molar-refractivity contribution in [2.45, 2.75) is 0 Å². The van der Waals surface area contributed by atoms with E-state index in [4.69, 9.17) is 0 Å². The van der Waals surface area contributed by atoms with Gasteiger partial charge in [0, 0.05) is 0 Å². The topological polar surface area (TPSA) is 9.23 Å².